The monoisotopic (exact) mass is 836 g/mol. The van der Waals surface area contributed by atoms with E-state index in [1.165, 1.54) is 11.0 Å². The van der Waals surface area contributed by atoms with E-state index in [9.17, 15) is 24.4 Å². The molecule has 4 amide bonds. The molecule has 13 nitrogen and oxygen atoms in total. The molecule has 15 heteroatoms. The number of anilines is 2. The fourth-order valence-electron chi connectivity index (χ4n) is 11.3. The largest absolute Gasteiger partial charge is 0.489 e. The maximum atomic E-state index is 15.5. The topological polar surface area (TPSA) is 142 Å². The molecule has 3 aromatic rings. The summed E-state index contributed by atoms with van der Waals surface area (Å²) in [6, 6.07) is 13.4. The molecule has 0 bridgehead atoms. The minimum atomic E-state index is -0.733. The van der Waals surface area contributed by atoms with Crippen molar-refractivity contribution in [2.45, 2.75) is 84.7 Å². The quantitative estimate of drug-likeness (QED) is 0.294. The predicted octanol–water partition coefficient (Wildman–Crippen LogP) is 5.38. The molecule has 1 aliphatic carbocycles. The number of fused-ring (bicyclic) bond motifs is 2. The number of benzene rings is 2. The molecule has 6 heterocycles. The van der Waals surface area contributed by atoms with Crippen molar-refractivity contribution in [2.75, 3.05) is 55.6 Å². The van der Waals surface area contributed by atoms with Gasteiger partial charge in [0.15, 0.2) is 0 Å². The lowest BCUT2D eigenvalue weighted by molar-refractivity contribution is -0.199. The zero-order chi connectivity index (χ0) is 42.2. The number of imide groups is 1. The molecule has 1 saturated carbocycles. The third kappa shape index (κ3) is 6.83. The van der Waals surface area contributed by atoms with Gasteiger partial charge in [-0.3, -0.25) is 29.4 Å². The van der Waals surface area contributed by atoms with Crippen LogP contribution in [0.2, 0.25) is 5.02 Å². The minimum Gasteiger partial charge on any atom is -0.489 e. The Morgan fingerprint density at radius 3 is 2.27 bits per heavy atom. The number of carbonyl (C=O) groups excluding carboxylic acids is 4. The van der Waals surface area contributed by atoms with Gasteiger partial charge in [0.25, 0.3) is 11.8 Å². The van der Waals surface area contributed by atoms with Gasteiger partial charge >= 0.3 is 0 Å². The van der Waals surface area contributed by atoms with Crippen LogP contribution >= 0.6 is 11.6 Å². The summed E-state index contributed by atoms with van der Waals surface area (Å²) in [5.74, 6) is 0.529. The number of nitriles is 1. The SMILES string of the molecule is CC1(C)C(Oc2ccc(C#N)c(Cl)c2)C(C)(C)C1N1Cc2nc(N3CCC(CN4CCN(c5cc6c(cc5F)CN(C5CCC(=O)NC5=O)C6=O)CC4)CC3)ccc2C1=O. The van der Waals surface area contributed by atoms with Crippen LogP contribution in [0.25, 0.3) is 0 Å². The van der Waals surface area contributed by atoms with Crippen LogP contribution < -0.4 is 19.9 Å². The Bertz CT molecular complexity index is 2320. The summed E-state index contributed by atoms with van der Waals surface area (Å²) in [4.78, 5) is 66.6. The number of hydrogen-bond donors (Lipinski definition) is 1. The number of amides is 4. The molecule has 5 aliphatic heterocycles. The molecular formula is C45H50ClFN8O5. The van der Waals surface area contributed by atoms with Gasteiger partial charge in [-0.05, 0) is 67.1 Å². The number of piperazine rings is 1. The first-order chi connectivity index (χ1) is 28.6. The first-order valence-corrected chi connectivity index (χ1v) is 21.4. The second-order valence-corrected chi connectivity index (χ2v) is 18.9. The van der Waals surface area contributed by atoms with Crippen molar-refractivity contribution in [1.29, 1.82) is 5.26 Å². The molecule has 6 aliphatic rings. The number of piperidine rings is 2. The highest BCUT2D eigenvalue weighted by atomic mass is 35.5. The van der Waals surface area contributed by atoms with Gasteiger partial charge in [-0.25, -0.2) is 9.37 Å². The fraction of sp³-hybridized carbons (Fsp3) is 0.511. The predicted molar refractivity (Wildman–Crippen MR) is 222 cm³/mol. The number of carbonyl (C=O) groups is 4. The third-order valence-electron chi connectivity index (χ3n) is 13.9. The Hall–Kier alpha value is -5.26. The van der Waals surface area contributed by atoms with E-state index >= 15 is 4.39 Å². The molecule has 1 N–H and O–H groups in total. The van der Waals surface area contributed by atoms with Crippen LogP contribution in [0.3, 0.4) is 0 Å². The highest BCUT2D eigenvalue weighted by Crippen LogP contribution is 2.59. The van der Waals surface area contributed by atoms with Gasteiger partial charge in [-0.2, -0.15) is 5.26 Å². The van der Waals surface area contributed by atoms with Gasteiger partial charge in [-0.1, -0.05) is 39.3 Å². The molecule has 60 heavy (non-hydrogen) atoms. The van der Waals surface area contributed by atoms with Crippen molar-refractivity contribution < 1.29 is 28.3 Å². The van der Waals surface area contributed by atoms with Crippen molar-refractivity contribution in [3.8, 4) is 11.8 Å². The van der Waals surface area contributed by atoms with Gasteiger partial charge in [0.2, 0.25) is 11.8 Å². The lowest BCUT2D eigenvalue weighted by Gasteiger charge is -2.65. The summed E-state index contributed by atoms with van der Waals surface area (Å²) in [5, 5.41) is 11.9. The van der Waals surface area contributed by atoms with Crippen LogP contribution in [0.15, 0.2) is 42.5 Å². The number of nitrogens with zero attached hydrogens (tertiary/aromatic N) is 7. The van der Waals surface area contributed by atoms with Crippen LogP contribution in [0, 0.1) is 33.9 Å². The highest BCUT2D eigenvalue weighted by Gasteiger charge is 2.67. The summed E-state index contributed by atoms with van der Waals surface area (Å²) in [5.41, 5.74) is 2.54. The van der Waals surface area contributed by atoms with Gasteiger partial charge in [0.05, 0.1) is 34.1 Å². The summed E-state index contributed by atoms with van der Waals surface area (Å²) in [6.45, 7) is 14.7. The highest BCUT2D eigenvalue weighted by molar-refractivity contribution is 6.31. The third-order valence-corrected chi connectivity index (χ3v) is 14.2. The smallest absolute Gasteiger partial charge is 0.256 e. The number of halogens is 2. The maximum absolute atomic E-state index is 15.5. The second-order valence-electron chi connectivity index (χ2n) is 18.5. The molecule has 0 spiro atoms. The van der Waals surface area contributed by atoms with E-state index in [4.69, 9.17) is 21.3 Å². The Balaban J connectivity index is 0.769. The van der Waals surface area contributed by atoms with Crippen LogP contribution in [-0.2, 0) is 22.7 Å². The van der Waals surface area contributed by atoms with Crippen molar-refractivity contribution in [2.24, 2.45) is 16.7 Å². The number of pyridine rings is 1. The number of nitrogens with one attached hydrogen (secondary N) is 1. The Morgan fingerprint density at radius 2 is 1.58 bits per heavy atom. The van der Waals surface area contributed by atoms with E-state index in [-0.39, 0.29) is 65.9 Å². The summed E-state index contributed by atoms with van der Waals surface area (Å²) in [7, 11) is 0. The Kier molecular flexibility index (Phi) is 10.1. The molecule has 3 saturated heterocycles. The molecule has 4 fully saturated rings. The Labute approximate surface area is 354 Å². The average molecular weight is 837 g/mol. The summed E-state index contributed by atoms with van der Waals surface area (Å²) in [6.07, 6.45) is 2.29. The lowest BCUT2D eigenvalue weighted by atomic mass is 9.49. The molecule has 2 aromatic carbocycles. The number of aromatic nitrogens is 1. The first kappa shape index (κ1) is 40.2. The van der Waals surface area contributed by atoms with E-state index in [1.807, 2.05) is 21.9 Å². The van der Waals surface area contributed by atoms with E-state index in [2.05, 4.69) is 48.9 Å². The molecule has 1 atom stereocenters. The minimum absolute atomic E-state index is 0.00213. The van der Waals surface area contributed by atoms with Crippen molar-refractivity contribution >= 4 is 46.7 Å². The van der Waals surface area contributed by atoms with E-state index in [0.717, 1.165) is 57.1 Å². The second kappa shape index (κ2) is 15.0. The zero-order valence-corrected chi connectivity index (χ0v) is 35.2. The van der Waals surface area contributed by atoms with Crippen LogP contribution in [0.1, 0.15) is 90.9 Å². The average Bonchev–Trinajstić information content (AvgIpc) is 3.70. The van der Waals surface area contributed by atoms with Gasteiger partial charge in [0.1, 0.15) is 35.6 Å². The van der Waals surface area contributed by atoms with E-state index in [0.29, 0.717) is 64.3 Å². The van der Waals surface area contributed by atoms with Crippen molar-refractivity contribution in [3.05, 3.63) is 81.3 Å². The van der Waals surface area contributed by atoms with Crippen LogP contribution in [0.4, 0.5) is 15.9 Å². The fourth-order valence-corrected chi connectivity index (χ4v) is 11.5. The molecule has 0 radical (unpaired) electrons. The van der Waals surface area contributed by atoms with E-state index < -0.39 is 11.9 Å². The molecule has 1 aromatic heterocycles. The standard InChI is InChI=1S/C45H50ClFN8O5/c1-44(2)42(45(3,4)43(44)60-29-6-5-27(22-48)32(46)20-29)55-25-34-30(40(55)58)7-9-37(49-34)53-13-11-26(12-14-53)23-51-15-17-52(18-16-51)36-21-31-28(19-33(36)47)24-54(41(31)59)35-8-10-38(56)50-39(35)57/h5-7,9,19-21,26,35,42-43H,8,10-18,23-25H2,1-4H3,(H,50,56,57). The number of ether oxygens (including phenoxy) is 1. The van der Waals surface area contributed by atoms with Crippen molar-refractivity contribution in [1.82, 2.24) is 25.0 Å². The van der Waals surface area contributed by atoms with Gasteiger partial charge in [0, 0.05) is 87.3 Å². The van der Waals surface area contributed by atoms with Gasteiger partial charge in [-0.15, -0.1) is 0 Å². The molecule has 9 rings (SSSR count). The van der Waals surface area contributed by atoms with E-state index in [1.54, 1.807) is 24.3 Å². The zero-order valence-electron chi connectivity index (χ0n) is 34.5. The molecule has 314 valence electrons. The molecule has 1 unspecified atom stereocenters. The van der Waals surface area contributed by atoms with Gasteiger partial charge < -0.3 is 24.3 Å². The maximum Gasteiger partial charge on any atom is 0.256 e. The molecular weight excluding hydrogens is 787 g/mol. The Morgan fingerprint density at radius 1 is 0.867 bits per heavy atom. The summed E-state index contributed by atoms with van der Waals surface area (Å²) < 4.78 is 22.0. The van der Waals surface area contributed by atoms with Crippen LogP contribution in [0.5, 0.6) is 5.75 Å². The van der Waals surface area contributed by atoms with Crippen LogP contribution in [-0.4, -0.2) is 107 Å². The normalized spacial score (nSPS) is 25.2. The van der Waals surface area contributed by atoms with Crippen molar-refractivity contribution in [3.63, 3.8) is 0 Å². The number of rotatable bonds is 8. The first-order valence-electron chi connectivity index (χ1n) is 21.0. The lowest BCUT2D eigenvalue weighted by Crippen LogP contribution is -2.74. The number of hydrogen-bond acceptors (Lipinski definition) is 10. The summed E-state index contributed by atoms with van der Waals surface area (Å²) >= 11 is 6.30.